The van der Waals surface area contributed by atoms with E-state index in [9.17, 15) is 9.18 Å². The summed E-state index contributed by atoms with van der Waals surface area (Å²) in [5.41, 5.74) is 0. The van der Waals surface area contributed by atoms with Crippen LogP contribution in [-0.2, 0) is 4.79 Å². The van der Waals surface area contributed by atoms with E-state index in [0.717, 1.165) is 19.4 Å². The van der Waals surface area contributed by atoms with E-state index in [0.29, 0.717) is 31.1 Å². The van der Waals surface area contributed by atoms with Crippen molar-refractivity contribution in [3.05, 3.63) is 30.1 Å². The van der Waals surface area contributed by atoms with E-state index >= 15 is 0 Å². The fraction of sp³-hybridized carbons (Fsp3) is 0.562. The molecule has 112 valence electrons. The maximum atomic E-state index is 12.7. The Morgan fingerprint density at radius 1 is 1.25 bits per heavy atom. The Morgan fingerprint density at radius 3 is 2.50 bits per heavy atom. The summed E-state index contributed by atoms with van der Waals surface area (Å²) in [5.74, 6) is 0.982. The summed E-state index contributed by atoms with van der Waals surface area (Å²) in [6.45, 7) is 5.49. The third-order valence-electron chi connectivity index (χ3n) is 3.37. The third-order valence-corrected chi connectivity index (χ3v) is 3.37. The Hall–Kier alpha value is -1.58. The number of halogens is 1. The first-order chi connectivity index (χ1) is 9.65. The van der Waals surface area contributed by atoms with Crippen LogP contribution in [0.2, 0.25) is 0 Å². The Labute approximate surface area is 120 Å². The van der Waals surface area contributed by atoms with Crippen molar-refractivity contribution in [3.63, 3.8) is 0 Å². The minimum absolute atomic E-state index is 0.0691. The summed E-state index contributed by atoms with van der Waals surface area (Å²) in [6.07, 6.45) is 3.29. The van der Waals surface area contributed by atoms with Crippen molar-refractivity contribution >= 4 is 5.91 Å². The van der Waals surface area contributed by atoms with Gasteiger partial charge in [-0.15, -0.1) is 0 Å². The van der Waals surface area contributed by atoms with Crippen molar-refractivity contribution < 1.29 is 13.9 Å². The van der Waals surface area contributed by atoms with Gasteiger partial charge in [0.15, 0.2) is 0 Å². The molecule has 0 fully saturated rings. The van der Waals surface area contributed by atoms with Gasteiger partial charge in [-0.05, 0) is 36.6 Å². The first-order valence-corrected chi connectivity index (χ1v) is 7.30. The lowest BCUT2D eigenvalue weighted by atomic mass is 10.0. The minimum Gasteiger partial charge on any atom is -0.494 e. The van der Waals surface area contributed by atoms with Crippen LogP contribution < -0.4 is 10.1 Å². The molecule has 0 atom stereocenters. The highest BCUT2D eigenvalue weighted by Gasteiger charge is 2.06. The molecule has 0 saturated carbocycles. The molecule has 1 aromatic rings. The van der Waals surface area contributed by atoms with Crippen molar-refractivity contribution in [1.82, 2.24) is 5.32 Å². The van der Waals surface area contributed by atoms with Crippen molar-refractivity contribution in [3.8, 4) is 5.75 Å². The molecule has 0 aliphatic carbocycles. The number of carbonyl (C=O) groups is 1. The van der Waals surface area contributed by atoms with Crippen molar-refractivity contribution in [2.45, 2.75) is 39.5 Å². The van der Waals surface area contributed by atoms with E-state index in [1.165, 1.54) is 12.1 Å². The largest absolute Gasteiger partial charge is 0.494 e. The van der Waals surface area contributed by atoms with Crippen molar-refractivity contribution in [1.29, 1.82) is 0 Å². The topological polar surface area (TPSA) is 38.3 Å². The summed E-state index contributed by atoms with van der Waals surface area (Å²) < 4.78 is 18.1. The molecule has 1 aromatic carbocycles. The maximum Gasteiger partial charge on any atom is 0.220 e. The molecule has 4 heteroatoms. The number of ether oxygens (including phenoxy) is 1. The number of carbonyl (C=O) groups excluding carboxylic acids is 1. The zero-order chi connectivity index (χ0) is 14.8. The van der Waals surface area contributed by atoms with Crippen LogP contribution in [0, 0.1) is 11.7 Å². The molecule has 0 aliphatic rings. The molecule has 1 amide bonds. The van der Waals surface area contributed by atoms with Crippen LogP contribution in [0.3, 0.4) is 0 Å². The van der Waals surface area contributed by atoms with E-state index in [4.69, 9.17) is 4.74 Å². The van der Waals surface area contributed by atoms with Gasteiger partial charge in [0.05, 0.1) is 6.61 Å². The number of hydrogen-bond donors (Lipinski definition) is 1. The highest BCUT2D eigenvalue weighted by molar-refractivity contribution is 5.75. The van der Waals surface area contributed by atoms with E-state index in [2.05, 4.69) is 19.2 Å². The minimum atomic E-state index is -0.280. The molecule has 20 heavy (non-hydrogen) atoms. The molecule has 0 heterocycles. The van der Waals surface area contributed by atoms with Crippen LogP contribution in [-0.4, -0.2) is 19.1 Å². The van der Waals surface area contributed by atoms with Gasteiger partial charge in [-0.2, -0.15) is 0 Å². The van der Waals surface area contributed by atoms with Crippen LogP contribution in [0.1, 0.15) is 39.5 Å². The van der Waals surface area contributed by atoms with Gasteiger partial charge in [-0.25, -0.2) is 4.39 Å². The molecular weight excluding hydrogens is 257 g/mol. The summed E-state index contributed by atoms with van der Waals surface area (Å²) in [5, 5.41) is 2.95. The Kier molecular flexibility index (Phi) is 7.70. The second-order valence-electron chi connectivity index (χ2n) is 4.89. The molecule has 1 rings (SSSR count). The Morgan fingerprint density at radius 2 is 1.90 bits per heavy atom. The lowest BCUT2D eigenvalue weighted by Gasteiger charge is -2.13. The average molecular weight is 281 g/mol. The summed E-state index contributed by atoms with van der Waals surface area (Å²) in [4.78, 5) is 11.6. The highest BCUT2D eigenvalue weighted by atomic mass is 19.1. The smallest absolute Gasteiger partial charge is 0.220 e. The van der Waals surface area contributed by atoms with Gasteiger partial charge in [0.25, 0.3) is 0 Å². The first-order valence-electron chi connectivity index (χ1n) is 7.30. The lowest BCUT2D eigenvalue weighted by molar-refractivity contribution is -0.121. The molecule has 0 aromatic heterocycles. The van der Waals surface area contributed by atoms with Crippen LogP contribution in [0.4, 0.5) is 4.39 Å². The molecule has 0 unspecified atom stereocenters. The third kappa shape index (κ3) is 6.55. The first kappa shape index (κ1) is 16.5. The van der Waals surface area contributed by atoms with Crippen molar-refractivity contribution in [2.24, 2.45) is 5.92 Å². The molecule has 0 aliphatic heterocycles. The van der Waals surface area contributed by atoms with Gasteiger partial charge >= 0.3 is 0 Å². The standard InChI is InChI=1S/C16H24FNO2/c1-3-13(4-2)12-18-16(19)6-5-11-20-15-9-7-14(17)8-10-15/h7-10,13H,3-6,11-12H2,1-2H3,(H,18,19). The summed E-state index contributed by atoms with van der Waals surface area (Å²) in [6, 6.07) is 5.89. The quantitative estimate of drug-likeness (QED) is 0.703. The monoisotopic (exact) mass is 281 g/mol. The number of nitrogens with one attached hydrogen (secondary N) is 1. The fourth-order valence-corrected chi connectivity index (χ4v) is 1.88. The number of benzene rings is 1. The fourth-order valence-electron chi connectivity index (χ4n) is 1.88. The zero-order valence-corrected chi connectivity index (χ0v) is 12.3. The second-order valence-corrected chi connectivity index (χ2v) is 4.89. The van der Waals surface area contributed by atoms with E-state index in [1.807, 2.05) is 0 Å². The summed E-state index contributed by atoms with van der Waals surface area (Å²) >= 11 is 0. The van der Waals surface area contributed by atoms with Gasteiger partial charge in [0, 0.05) is 13.0 Å². The van der Waals surface area contributed by atoms with E-state index < -0.39 is 0 Å². The predicted octanol–water partition coefficient (Wildman–Crippen LogP) is 3.54. The number of amides is 1. The highest BCUT2D eigenvalue weighted by Crippen LogP contribution is 2.11. The van der Waals surface area contributed by atoms with Gasteiger partial charge in [-0.3, -0.25) is 4.79 Å². The number of hydrogen-bond acceptors (Lipinski definition) is 2. The second kappa shape index (κ2) is 9.34. The van der Waals surface area contributed by atoms with Gasteiger partial charge in [0.2, 0.25) is 5.91 Å². The average Bonchev–Trinajstić information content (AvgIpc) is 2.46. The molecule has 3 nitrogen and oxygen atoms in total. The van der Waals surface area contributed by atoms with Gasteiger partial charge < -0.3 is 10.1 Å². The van der Waals surface area contributed by atoms with Crippen molar-refractivity contribution in [2.75, 3.05) is 13.2 Å². The molecule has 0 radical (unpaired) electrons. The maximum absolute atomic E-state index is 12.7. The van der Waals surface area contributed by atoms with E-state index in [1.54, 1.807) is 12.1 Å². The molecule has 0 bridgehead atoms. The van der Waals surface area contributed by atoms with E-state index in [-0.39, 0.29) is 11.7 Å². The predicted molar refractivity (Wildman–Crippen MR) is 78.2 cm³/mol. The summed E-state index contributed by atoms with van der Waals surface area (Å²) in [7, 11) is 0. The Balaban J connectivity index is 2.11. The number of rotatable bonds is 9. The molecule has 0 saturated heterocycles. The van der Waals surface area contributed by atoms with Crippen LogP contribution >= 0.6 is 0 Å². The van der Waals surface area contributed by atoms with Crippen LogP contribution in [0.5, 0.6) is 5.75 Å². The van der Waals surface area contributed by atoms with Crippen LogP contribution in [0.25, 0.3) is 0 Å². The molecule has 0 spiro atoms. The van der Waals surface area contributed by atoms with Gasteiger partial charge in [-0.1, -0.05) is 26.7 Å². The lowest BCUT2D eigenvalue weighted by Crippen LogP contribution is -2.28. The normalized spacial score (nSPS) is 10.6. The van der Waals surface area contributed by atoms with Crippen LogP contribution in [0.15, 0.2) is 24.3 Å². The molecular formula is C16H24FNO2. The zero-order valence-electron chi connectivity index (χ0n) is 12.3. The van der Waals surface area contributed by atoms with Gasteiger partial charge in [0.1, 0.15) is 11.6 Å². The Bertz CT molecular complexity index is 388. The SMILES string of the molecule is CCC(CC)CNC(=O)CCCOc1ccc(F)cc1. The molecule has 1 N–H and O–H groups in total.